The van der Waals surface area contributed by atoms with Gasteiger partial charge < -0.3 is 5.32 Å². The number of hydrogen-bond acceptors (Lipinski definition) is 5. The molecule has 1 aliphatic rings. The highest BCUT2D eigenvalue weighted by molar-refractivity contribution is 7.89. The largest absolute Gasteiger partial charge is 0.360 e. The minimum atomic E-state index is -3.52. The van der Waals surface area contributed by atoms with Crippen LogP contribution in [0.15, 0.2) is 34.9 Å². The van der Waals surface area contributed by atoms with Crippen LogP contribution in [0.2, 0.25) is 0 Å². The minimum Gasteiger partial charge on any atom is -0.360 e. The second-order valence-corrected chi connectivity index (χ2v) is 7.28. The monoisotopic (exact) mass is 330 g/mol. The van der Waals surface area contributed by atoms with Gasteiger partial charge in [0.25, 0.3) is 0 Å². The zero-order valence-electron chi connectivity index (χ0n) is 12.9. The molecule has 0 atom stereocenters. The Morgan fingerprint density at radius 1 is 1.22 bits per heavy atom. The van der Waals surface area contributed by atoms with Gasteiger partial charge in [0.1, 0.15) is 17.7 Å². The number of nitrogens with one attached hydrogen (secondary N) is 1. The first-order chi connectivity index (χ1) is 11.0. The molecule has 0 aliphatic carbocycles. The molecule has 1 heterocycles. The average molecular weight is 330 g/mol. The molecule has 6 nitrogen and oxygen atoms in total. The van der Waals surface area contributed by atoms with Crippen molar-refractivity contribution < 1.29 is 8.42 Å². The number of sulfonamides is 1. The third kappa shape index (κ3) is 3.89. The molecule has 1 aromatic rings. The maximum atomic E-state index is 12.8. The van der Waals surface area contributed by atoms with Crippen LogP contribution in [0.5, 0.6) is 0 Å². The number of anilines is 1. The van der Waals surface area contributed by atoms with Gasteiger partial charge in [-0.05, 0) is 37.5 Å². The van der Waals surface area contributed by atoms with Crippen molar-refractivity contribution in [2.75, 3.05) is 18.4 Å². The van der Waals surface area contributed by atoms with Gasteiger partial charge in [0, 0.05) is 25.0 Å². The molecule has 120 valence electrons. The summed E-state index contributed by atoms with van der Waals surface area (Å²) < 4.78 is 27.1. The highest BCUT2D eigenvalue weighted by Crippen LogP contribution is 2.26. The SMILES string of the molecule is Cc1ccc(NC=C(C#N)C#N)cc1S(=O)(=O)N1CCCCC1. The van der Waals surface area contributed by atoms with E-state index in [1.807, 2.05) is 0 Å². The van der Waals surface area contributed by atoms with Crippen LogP contribution in [-0.2, 0) is 10.0 Å². The number of piperidine rings is 1. The van der Waals surface area contributed by atoms with Crippen molar-refractivity contribution in [3.05, 3.63) is 35.5 Å². The summed E-state index contributed by atoms with van der Waals surface area (Å²) in [6.07, 6.45) is 4.09. The van der Waals surface area contributed by atoms with E-state index in [1.54, 1.807) is 37.3 Å². The van der Waals surface area contributed by atoms with Gasteiger partial charge in [-0.25, -0.2) is 8.42 Å². The third-order valence-electron chi connectivity index (χ3n) is 3.75. The van der Waals surface area contributed by atoms with Crippen LogP contribution in [0.4, 0.5) is 5.69 Å². The molecule has 1 N–H and O–H groups in total. The second-order valence-electron chi connectivity index (χ2n) is 5.37. The summed E-state index contributed by atoms with van der Waals surface area (Å²) in [6, 6.07) is 8.46. The van der Waals surface area contributed by atoms with Crippen molar-refractivity contribution in [1.29, 1.82) is 10.5 Å². The minimum absolute atomic E-state index is 0.0778. The molecule has 0 radical (unpaired) electrons. The van der Waals surface area contributed by atoms with Gasteiger partial charge in [-0.2, -0.15) is 14.8 Å². The topological polar surface area (TPSA) is 97.0 Å². The Labute approximate surface area is 136 Å². The zero-order chi connectivity index (χ0) is 16.9. The van der Waals surface area contributed by atoms with Crippen molar-refractivity contribution in [1.82, 2.24) is 4.31 Å². The predicted molar refractivity (Wildman–Crippen MR) is 86.7 cm³/mol. The van der Waals surface area contributed by atoms with E-state index >= 15 is 0 Å². The summed E-state index contributed by atoms with van der Waals surface area (Å²) in [5.74, 6) is 0. The lowest BCUT2D eigenvalue weighted by Crippen LogP contribution is -2.35. The molecule has 1 aromatic carbocycles. The highest BCUT2D eigenvalue weighted by Gasteiger charge is 2.27. The van der Waals surface area contributed by atoms with Crippen LogP contribution in [0.3, 0.4) is 0 Å². The Kier molecular flexibility index (Phi) is 5.38. The van der Waals surface area contributed by atoms with E-state index in [2.05, 4.69) is 5.32 Å². The molecule has 1 saturated heterocycles. The molecular weight excluding hydrogens is 312 g/mol. The van der Waals surface area contributed by atoms with E-state index in [0.29, 0.717) is 24.3 Å². The lowest BCUT2D eigenvalue weighted by molar-refractivity contribution is 0.346. The van der Waals surface area contributed by atoms with Crippen molar-refractivity contribution in [3.63, 3.8) is 0 Å². The lowest BCUT2D eigenvalue weighted by Gasteiger charge is -2.26. The fourth-order valence-corrected chi connectivity index (χ4v) is 4.23. The molecule has 0 amide bonds. The average Bonchev–Trinajstić information content (AvgIpc) is 2.57. The van der Waals surface area contributed by atoms with Gasteiger partial charge in [0.2, 0.25) is 10.0 Å². The first-order valence-corrected chi connectivity index (χ1v) is 8.81. The van der Waals surface area contributed by atoms with Crippen LogP contribution in [0, 0.1) is 29.6 Å². The van der Waals surface area contributed by atoms with E-state index < -0.39 is 10.0 Å². The number of nitriles is 2. The van der Waals surface area contributed by atoms with Gasteiger partial charge in [-0.3, -0.25) is 0 Å². The number of allylic oxidation sites excluding steroid dienone is 1. The van der Waals surface area contributed by atoms with Gasteiger partial charge in [-0.1, -0.05) is 12.5 Å². The summed E-state index contributed by atoms with van der Waals surface area (Å²) in [5.41, 5.74) is 1.12. The van der Waals surface area contributed by atoms with E-state index in [1.165, 1.54) is 10.5 Å². The van der Waals surface area contributed by atoms with Crippen molar-refractivity contribution in [2.45, 2.75) is 31.1 Å². The van der Waals surface area contributed by atoms with Crippen LogP contribution in [-0.4, -0.2) is 25.8 Å². The fraction of sp³-hybridized carbons (Fsp3) is 0.375. The quantitative estimate of drug-likeness (QED) is 0.856. The smallest absolute Gasteiger partial charge is 0.243 e. The molecule has 7 heteroatoms. The first-order valence-electron chi connectivity index (χ1n) is 7.37. The Hall–Kier alpha value is -2.35. The number of benzene rings is 1. The van der Waals surface area contributed by atoms with Crippen LogP contribution in [0.1, 0.15) is 24.8 Å². The Balaban J connectivity index is 2.32. The highest BCUT2D eigenvalue weighted by atomic mass is 32.2. The molecule has 2 rings (SSSR count). The molecule has 1 fully saturated rings. The van der Waals surface area contributed by atoms with Crippen LogP contribution in [0.25, 0.3) is 0 Å². The van der Waals surface area contributed by atoms with Crippen molar-refractivity contribution in [2.24, 2.45) is 0 Å². The van der Waals surface area contributed by atoms with Crippen molar-refractivity contribution in [3.8, 4) is 12.1 Å². The molecule has 23 heavy (non-hydrogen) atoms. The van der Waals surface area contributed by atoms with Gasteiger partial charge >= 0.3 is 0 Å². The zero-order valence-corrected chi connectivity index (χ0v) is 13.7. The number of rotatable bonds is 4. The second kappa shape index (κ2) is 7.28. The van der Waals surface area contributed by atoms with Crippen molar-refractivity contribution >= 4 is 15.7 Å². The molecule has 0 aromatic heterocycles. The number of hydrogen-bond donors (Lipinski definition) is 1. The molecule has 0 saturated carbocycles. The van der Waals surface area contributed by atoms with Gasteiger partial charge in [0.05, 0.1) is 4.90 Å². The Morgan fingerprint density at radius 3 is 2.48 bits per heavy atom. The first kappa shape index (κ1) is 17.0. The predicted octanol–water partition coefficient (Wildman–Crippen LogP) is 2.51. The fourth-order valence-electron chi connectivity index (χ4n) is 2.46. The normalized spacial score (nSPS) is 15.3. The number of nitrogens with zero attached hydrogens (tertiary/aromatic N) is 3. The van der Waals surface area contributed by atoms with Gasteiger partial charge in [0.15, 0.2) is 0 Å². The molecule has 1 aliphatic heterocycles. The summed E-state index contributed by atoms with van der Waals surface area (Å²) in [4.78, 5) is 0.258. The van der Waals surface area contributed by atoms with E-state index in [-0.39, 0.29) is 10.5 Å². The van der Waals surface area contributed by atoms with Gasteiger partial charge in [-0.15, -0.1) is 0 Å². The number of aryl methyl sites for hydroxylation is 1. The third-order valence-corrected chi connectivity index (χ3v) is 5.79. The lowest BCUT2D eigenvalue weighted by atomic mass is 10.2. The maximum Gasteiger partial charge on any atom is 0.243 e. The molecule has 0 bridgehead atoms. The summed E-state index contributed by atoms with van der Waals surface area (Å²) in [6.45, 7) is 2.85. The Morgan fingerprint density at radius 2 is 1.87 bits per heavy atom. The molecule has 0 unspecified atom stereocenters. The van der Waals surface area contributed by atoms with E-state index in [9.17, 15) is 8.42 Å². The van der Waals surface area contributed by atoms with E-state index in [0.717, 1.165) is 19.3 Å². The summed E-state index contributed by atoms with van der Waals surface area (Å²) in [5, 5.41) is 20.2. The standard InChI is InChI=1S/C16H18N4O2S/c1-13-5-6-15(19-12-14(10-17)11-18)9-16(13)23(21,22)20-7-3-2-4-8-20/h5-6,9,12,19H,2-4,7-8H2,1H3. The Bertz CT molecular complexity index is 778. The summed E-state index contributed by atoms with van der Waals surface area (Å²) >= 11 is 0. The van der Waals surface area contributed by atoms with E-state index in [4.69, 9.17) is 10.5 Å². The summed E-state index contributed by atoms with van der Waals surface area (Å²) in [7, 11) is -3.52. The molecule has 0 spiro atoms. The van der Waals surface area contributed by atoms with Crippen LogP contribution < -0.4 is 5.32 Å². The molecular formula is C16H18N4O2S. The maximum absolute atomic E-state index is 12.8. The van der Waals surface area contributed by atoms with Crippen LogP contribution >= 0.6 is 0 Å².